The van der Waals surface area contributed by atoms with E-state index in [1.54, 1.807) is 6.92 Å². The molecule has 19 heavy (non-hydrogen) atoms. The van der Waals surface area contributed by atoms with Crippen LogP contribution in [0.15, 0.2) is 27.6 Å². The summed E-state index contributed by atoms with van der Waals surface area (Å²) in [5.74, 6) is -1.39. The van der Waals surface area contributed by atoms with Crippen molar-refractivity contribution in [2.24, 2.45) is 0 Å². The highest BCUT2D eigenvalue weighted by Crippen LogP contribution is 2.14. The quantitative estimate of drug-likeness (QED) is 0.881. The van der Waals surface area contributed by atoms with Crippen LogP contribution in [0, 0.1) is 6.92 Å². The van der Waals surface area contributed by atoms with Crippen LogP contribution < -0.4 is 10.3 Å². The molecule has 7 heteroatoms. The number of methoxy groups -OCH3 is 1. The molecule has 2 rings (SSSR count). The molecule has 0 aliphatic rings. The second-order valence-electron chi connectivity index (χ2n) is 3.89. The van der Waals surface area contributed by atoms with E-state index in [2.05, 4.69) is 4.98 Å². The van der Waals surface area contributed by atoms with Crippen LogP contribution in [0.4, 0.5) is 0 Å². The summed E-state index contributed by atoms with van der Waals surface area (Å²) in [6.45, 7) is 1.70. The van der Waals surface area contributed by atoms with Gasteiger partial charge in [0.05, 0.1) is 19.9 Å². The fourth-order valence-electron chi connectivity index (χ4n) is 1.71. The maximum absolute atomic E-state index is 11.9. The summed E-state index contributed by atoms with van der Waals surface area (Å²) >= 11 is 0. The number of carbonyl (C=O) groups is 1. The van der Waals surface area contributed by atoms with Crippen molar-refractivity contribution in [3.05, 3.63) is 45.8 Å². The van der Waals surface area contributed by atoms with E-state index in [1.165, 1.54) is 30.1 Å². The predicted octanol–water partition coefficient (Wildman–Crippen LogP) is 0.900. The number of furan rings is 1. The van der Waals surface area contributed by atoms with E-state index < -0.39 is 5.97 Å². The van der Waals surface area contributed by atoms with Gasteiger partial charge in [0.15, 0.2) is 0 Å². The Bertz CT molecular complexity index is 671. The number of carboxylic acid groups (broad SMARTS) is 1. The average molecular weight is 264 g/mol. The van der Waals surface area contributed by atoms with Crippen molar-refractivity contribution in [1.82, 2.24) is 9.55 Å². The molecule has 0 unspecified atom stereocenters. The maximum Gasteiger partial charge on any atom is 0.372 e. The monoisotopic (exact) mass is 264 g/mol. The van der Waals surface area contributed by atoms with Crippen LogP contribution in [-0.4, -0.2) is 27.7 Å². The van der Waals surface area contributed by atoms with Crippen molar-refractivity contribution in [1.29, 1.82) is 0 Å². The molecular weight excluding hydrogens is 252 g/mol. The van der Waals surface area contributed by atoms with Gasteiger partial charge < -0.3 is 14.3 Å². The molecule has 2 heterocycles. The Balaban J connectivity index is 2.46. The van der Waals surface area contributed by atoms with E-state index in [0.717, 1.165) is 0 Å². The fourth-order valence-corrected chi connectivity index (χ4v) is 1.71. The van der Waals surface area contributed by atoms with E-state index in [1.807, 2.05) is 0 Å². The summed E-state index contributed by atoms with van der Waals surface area (Å²) in [7, 11) is 1.39. The highest BCUT2D eigenvalue weighted by molar-refractivity contribution is 5.86. The van der Waals surface area contributed by atoms with Gasteiger partial charge >= 0.3 is 5.97 Å². The number of hydrogen-bond donors (Lipinski definition) is 1. The van der Waals surface area contributed by atoms with Crippen LogP contribution in [0.5, 0.6) is 6.01 Å². The SMILES string of the molecule is COc1nc(C)cc(=O)n1Cc1ccoc1C(=O)O. The average Bonchev–Trinajstić information content (AvgIpc) is 2.80. The van der Waals surface area contributed by atoms with Gasteiger partial charge in [-0.3, -0.25) is 9.36 Å². The van der Waals surface area contributed by atoms with Crippen LogP contribution in [0.1, 0.15) is 21.8 Å². The molecule has 0 spiro atoms. The zero-order valence-electron chi connectivity index (χ0n) is 10.4. The standard InChI is InChI=1S/C12H12N2O5/c1-7-5-9(15)14(12(13-7)18-2)6-8-3-4-19-10(8)11(16)17/h3-5H,6H2,1-2H3,(H,16,17). The van der Waals surface area contributed by atoms with Gasteiger partial charge in [-0.15, -0.1) is 0 Å². The molecule has 1 N–H and O–H groups in total. The lowest BCUT2D eigenvalue weighted by Crippen LogP contribution is -2.23. The molecule has 0 amide bonds. The lowest BCUT2D eigenvalue weighted by molar-refractivity contribution is 0.0660. The Morgan fingerprint density at radius 2 is 2.32 bits per heavy atom. The topological polar surface area (TPSA) is 94.6 Å². The molecule has 0 atom stereocenters. The summed E-state index contributed by atoms with van der Waals surface area (Å²) in [5, 5.41) is 8.94. The second kappa shape index (κ2) is 4.97. The Labute approximate surface area is 108 Å². The minimum Gasteiger partial charge on any atom is -0.475 e. The van der Waals surface area contributed by atoms with Crippen molar-refractivity contribution >= 4 is 5.97 Å². The summed E-state index contributed by atoms with van der Waals surface area (Å²) in [5.41, 5.74) is 0.587. The molecule has 0 aromatic carbocycles. The van der Waals surface area contributed by atoms with E-state index in [9.17, 15) is 9.59 Å². The third-order valence-corrected chi connectivity index (χ3v) is 2.55. The van der Waals surface area contributed by atoms with E-state index in [0.29, 0.717) is 11.3 Å². The largest absolute Gasteiger partial charge is 0.475 e. The molecular formula is C12H12N2O5. The molecule has 2 aromatic heterocycles. The zero-order chi connectivity index (χ0) is 14.0. The van der Waals surface area contributed by atoms with Crippen molar-refractivity contribution in [3.8, 4) is 6.01 Å². The Morgan fingerprint density at radius 1 is 1.58 bits per heavy atom. The number of rotatable bonds is 4. The first-order chi connectivity index (χ1) is 9.02. The third kappa shape index (κ3) is 2.49. The van der Waals surface area contributed by atoms with Crippen LogP contribution in [0.3, 0.4) is 0 Å². The molecule has 7 nitrogen and oxygen atoms in total. The number of nitrogens with zero attached hydrogens (tertiary/aromatic N) is 2. The number of aryl methyl sites for hydroxylation is 1. The lowest BCUT2D eigenvalue weighted by Gasteiger charge is -2.10. The molecule has 0 saturated heterocycles. The highest BCUT2D eigenvalue weighted by atomic mass is 16.5. The number of hydrogen-bond acceptors (Lipinski definition) is 5. The van der Waals surface area contributed by atoms with E-state index >= 15 is 0 Å². The van der Waals surface area contributed by atoms with Crippen LogP contribution >= 0.6 is 0 Å². The van der Waals surface area contributed by atoms with Gasteiger partial charge in [0, 0.05) is 17.3 Å². The van der Waals surface area contributed by atoms with Gasteiger partial charge in [-0.1, -0.05) is 0 Å². The lowest BCUT2D eigenvalue weighted by atomic mass is 10.2. The number of ether oxygens (including phenoxy) is 1. The first-order valence-electron chi connectivity index (χ1n) is 5.45. The minimum atomic E-state index is -1.19. The van der Waals surface area contributed by atoms with E-state index in [-0.39, 0.29) is 23.9 Å². The van der Waals surface area contributed by atoms with Crippen molar-refractivity contribution in [3.63, 3.8) is 0 Å². The van der Waals surface area contributed by atoms with Gasteiger partial charge in [-0.2, -0.15) is 0 Å². The van der Waals surface area contributed by atoms with Crippen LogP contribution in [0.25, 0.3) is 0 Å². The molecule has 0 fully saturated rings. The smallest absolute Gasteiger partial charge is 0.372 e. The van der Waals surface area contributed by atoms with Gasteiger partial charge in [0.25, 0.3) is 11.6 Å². The first-order valence-corrected chi connectivity index (χ1v) is 5.45. The van der Waals surface area contributed by atoms with Gasteiger partial charge in [0.1, 0.15) is 0 Å². The van der Waals surface area contributed by atoms with Crippen molar-refractivity contribution in [2.75, 3.05) is 7.11 Å². The first kappa shape index (κ1) is 12.9. The fraction of sp³-hybridized carbons (Fsp3) is 0.250. The Kier molecular flexibility index (Phi) is 3.37. The van der Waals surface area contributed by atoms with Crippen LogP contribution in [0.2, 0.25) is 0 Å². The van der Waals surface area contributed by atoms with E-state index in [4.69, 9.17) is 14.3 Å². The zero-order valence-corrected chi connectivity index (χ0v) is 10.4. The van der Waals surface area contributed by atoms with Gasteiger partial charge in [-0.25, -0.2) is 9.78 Å². The second-order valence-corrected chi connectivity index (χ2v) is 3.89. The van der Waals surface area contributed by atoms with Crippen molar-refractivity contribution in [2.45, 2.75) is 13.5 Å². The maximum atomic E-state index is 11.9. The third-order valence-electron chi connectivity index (χ3n) is 2.55. The van der Waals surface area contributed by atoms with Crippen molar-refractivity contribution < 1.29 is 19.1 Å². The molecule has 0 aliphatic carbocycles. The molecule has 100 valence electrons. The molecule has 0 bridgehead atoms. The normalized spacial score (nSPS) is 10.4. The Hall–Kier alpha value is -2.57. The molecule has 0 aliphatic heterocycles. The number of carboxylic acids is 1. The highest BCUT2D eigenvalue weighted by Gasteiger charge is 2.16. The molecule has 2 aromatic rings. The van der Waals surface area contributed by atoms with Crippen LogP contribution in [-0.2, 0) is 6.54 Å². The predicted molar refractivity (Wildman–Crippen MR) is 64.6 cm³/mol. The summed E-state index contributed by atoms with van der Waals surface area (Å²) in [6.07, 6.45) is 1.26. The molecule has 0 radical (unpaired) electrons. The molecule has 0 saturated carbocycles. The number of aromatic nitrogens is 2. The van der Waals surface area contributed by atoms with Gasteiger partial charge in [-0.05, 0) is 13.0 Å². The summed E-state index contributed by atoms with van der Waals surface area (Å²) in [6, 6.07) is 2.97. The number of aromatic carboxylic acids is 1. The Morgan fingerprint density at radius 3 is 2.95 bits per heavy atom. The van der Waals surface area contributed by atoms with Gasteiger partial charge in [0.2, 0.25) is 5.76 Å². The minimum absolute atomic E-state index is 0.0212. The summed E-state index contributed by atoms with van der Waals surface area (Å²) < 4.78 is 11.1. The summed E-state index contributed by atoms with van der Waals surface area (Å²) in [4.78, 5) is 26.9.